The van der Waals surface area contributed by atoms with Crippen molar-refractivity contribution in [2.24, 2.45) is 11.8 Å². The maximum atomic E-state index is 11.7. The summed E-state index contributed by atoms with van der Waals surface area (Å²) < 4.78 is 5.33. The third kappa shape index (κ3) is 3.11. The average Bonchev–Trinajstić information content (AvgIpc) is 2.69. The zero-order chi connectivity index (χ0) is 11.4. The highest BCUT2D eigenvalue weighted by Crippen LogP contribution is 2.23. The van der Waals surface area contributed by atoms with Gasteiger partial charge in [-0.05, 0) is 31.1 Å². The lowest BCUT2D eigenvalue weighted by atomic mass is 9.96. The summed E-state index contributed by atoms with van der Waals surface area (Å²) in [7, 11) is 0. The number of amides is 1. The zero-order valence-corrected chi connectivity index (χ0v) is 10.4. The second kappa shape index (κ2) is 5.87. The van der Waals surface area contributed by atoms with Crippen molar-refractivity contribution in [3.05, 3.63) is 0 Å². The van der Waals surface area contributed by atoms with Gasteiger partial charge < -0.3 is 9.64 Å². The Morgan fingerprint density at radius 3 is 2.69 bits per heavy atom. The van der Waals surface area contributed by atoms with E-state index in [-0.39, 0.29) is 5.91 Å². The first-order chi connectivity index (χ1) is 7.79. The van der Waals surface area contributed by atoms with Crippen LogP contribution in [-0.2, 0) is 9.53 Å². The molecule has 2 saturated heterocycles. The van der Waals surface area contributed by atoms with Crippen molar-refractivity contribution < 1.29 is 9.53 Å². The standard InChI is InChI=1S/C12H20ClNO2/c13-8-11-7-12(15)14(9-11)4-1-10-2-5-16-6-3-10/h10-11H,1-9H2. The monoisotopic (exact) mass is 245 g/mol. The van der Waals surface area contributed by atoms with Gasteiger partial charge in [0.05, 0.1) is 0 Å². The summed E-state index contributed by atoms with van der Waals surface area (Å²) >= 11 is 5.79. The molecule has 0 saturated carbocycles. The minimum atomic E-state index is 0.290. The first-order valence-electron chi connectivity index (χ1n) is 6.21. The second-order valence-electron chi connectivity index (χ2n) is 4.91. The molecule has 0 bridgehead atoms. The van der Waals surface area contributed by atoms with Gasteiger partial charge in [0.15, 0.2) is 0 Å². The van der Waals surface area contributed by atoms with Gasteiger partial charge in [0, 0.05) is 38.6 Å². The quantitative estimate of drug-likeness (QED) is 0.708. The number of halogens is 1. The van der Waals surface area contributed by atoms with Gasteiger partial charge in [-0.25, -0.2) is 0 Å². The molecule has 1 amide bonds. The molecule has 0 spiro atoms. The highest BCUT2D eigenvalue weighted by atomic mass is 35.5. The molecule has 1 atom stereocenters. The Bertz CT molecular complexity index is 241. The van der Waals surface area contributed by atoms with Crippen molar-refractivity contribution >= 4 is 17.5 Å². The van der Waals surface area contributed by atoms with Crippen molar-refractivity contribution in [2.75, 3.05) is 32.2 Å². The molecule has 2 aliphatic rings. The summed E-state index contributed by atoms with van der Waals surface area (Å²) in [4.78, 5) is 13.6. The zero-order valence-electron chi connectivity index (χ0n) is 9.66. The summed E-state index contributed by atoms with van der Waals surface area (Å²) in [5.74, 6) is 2.03. The molecule has 2 rings (SSSR count). The van der Waals surface area contributed by atoms with Crippen molar-refractivity contribution in [1.82, 2.24) is 4.90 Å². The fourth-order valence-electron chi connectivity index (χ4n) is 2.55. The van der Waals surface area contributed by atoms with Crippen molar-refractivity contribution in [3.63, 3.8) is 0 Å². The topological polar surface area (TPSA) is 29.5 Å². The van der Waals surface area contributed by atoms with Crippen LogP contribution in [0.5, 0.6) is 0 Å². The lowest BCUT2D eigenvalue weighted by molar-refractivity contribution is -0.127. The molecule has 16 heavy (non-hydrogen) atoms. The smallest absolute Gasteiger partial charge is 0.222 e. The summed E-state index contributed by atoms with van der Waals surface area (Å²) in [6.07, 6.45) is 4.09. The van der Waals surface area contributed by atoms with Gasteiger partial charge in [-0.15, -0.1) is 11.6 Å². The molecule has 2 aliphatic heterocycles. The van der Waals surface area contributed by atoms with Crippen LogP contribution in [0.3, 0.4) is 0 Å². The average molecular weight is 246 g/mol. The molecule has 0 aromatic carbocycles. The lowest BCUT2D eigenvalue weighted by Gasteiger charge is -2.24. The number of likely N-dealkylation sites (tertiary alicyclic amines) is 1. The SMILES string of the molecule is O=C1CC(CCl)CN1CCC1CCOCC1. The molecule has 3 nitrogen and oxygen atoms in total. The van der Waals surface area contributed by atoms with Crippen LogP contribution >= 0.6 is 11.6 Å². The largest absolute Gasteiger partial charge is 0.381 e. The molecule has 0 aliphatic carbocycles. The minimum Gasteiger partial charge on any atom is -0.381 e. The molecule has 92 valence electrons. The molecular formula is C12H20ClNO2. The van der Waals surface area contributed by atoms with E-state index in [0.29, 0.717) is 18.2 Å². The van der Waals surface area contributed by atoms with Crippen LogP contribution in [0.25, 0.3) is 0 Å². The summed E-state index contributed by atoms with van der Waals surface area (Å²) in [5.41, 5.74) is 0. The second-order valence-corrected chi connectivity index (χ2v) is 5.22. The van der Waals surface area contributed by atoms with Crippen LogP contribution in [0.2, 0.25) is 0 Å². The number of hydrogen-bond acceptors (Lipinski definition) is 2. The van der Waals surface area contributed by atoms with Crippen LogP contribution in [0, 0.1) is 11.8 Å². The van der Waals surface area contributed by atoms with Crippen molar-refractivity contribution in [2.45, 2.75) is 25.7 Å². The van der Waals surface area contributed by atoms with Gasteiger partial charge in [0.25, 0.3) is 0 Å². The Kier molecular flexibility index (Phi) is 4.47. The van der Waals surface area contributed by atoms with Crippen LogP contribution in [0.1, 0.15) is 25.7 Å². The van der Waals surface area contributed by atoms with Gasteiger partial charge >= 0.3 is 0 Å². The van der Waals surface area contributed by atoms with E-state index in [1.54, 1.807) is 0 Å². The van der Waals surface area contributed by atoms with Crippen molar-refractivity contribution in [3.8, 4) is 0 Å². The third-order valence-corrected chi connectivity index (χ3v) is 4.10. The van der Waals surface area contributed by atoms with Crippen LogP contribution in [0.15, 0.2) is 0 Å². The Balaban J connectivity index is 1.71. The van der Waals surface area contributed by atoms with E-state index in [1.165, 1.54) is 0 Å². The first kappa shape index (κ1) is 12.2. The van der Waals surface area contributed by atoms with E-state index in [1.807, 2.05) is 4.90 Å². The van der Waals surface area contributed by atoms with E-state index in [4.69, 9.17) is 16.3 Å². The number of carbonyl (C=O) groups excluding carboxylic acids is 1. The van der Waals surface area contributed by atoms with E-state index < -0.39 is 0 Å². The molecule has 0 aromatic heterocycles. The van der Waals surface area contributed by atoms with Gasteiger partial charge in [-0.3, -0.25) is 4.79 Å². The van der Waals surface area contributed by atoms with E-state index in [2.05, 4.69) is 0 Å². The van der Waals surface area contributed by atoms with Gasteiger partial charge in [0.2, 0.25) is 5.91 Å². The number of hydrogen-bond donors (Lipinski definition) is 0. The van der Waals surface area contributed by atoms with E-state index in [9.17, 15) is 4.79 Å². The molecule has 2 fully saturated rings. The molecular weight excluding hydrogens is 226 g/mol. The predicted octanol–water partition coefficient (Wildman–Crippen LogP) is 1.89. The van der Waals surface area contributed by atoms with Crippen LogP contribution in [0.4, 0.5) is 0 Å². The number of nitrogens with zero attached hydrogens (tertiary/aromatic N) is 1. The maximum absolute atomic E-state index is 11.7. The van der Waals surface area contributed by atoms with Crippen LogP contribution < -0.4 is 0 Å². The summed E-state index contributed by atoms with van der Waals surface area (Å²) in [6.45, 7) is 3.56. The molecule has 4 heteroatoms. The molecule has 2 heterocycles. The minimum absolute atomic E-state index is 0.290. The fourth-order valence-corrected chi connectivity index (χ4v) is 2.75. The Morgan fingerprint density at radius 1 is 1.31 bits per heavy atom. The maximum Gasteiger partial charge on any atom is 0.222 e. The number of alkyl halides is 1. The van der Waals surface area contributed by atoms with Gasteiger partial charge in [-0.1, -0.05) is 0 Å². The molecule has 1 unspecified atom stereocenters. The third-order valence-electron chi connectivity index (χ3n) is 3.66. The van der Waals surface area contributed by atoms with Crippen molar-refractivity contribution in [1.29, 1.82) is 0 Å². The van der Waals surface area contributed by atoms with E-state index in [0.717, 1.165) is 51.5 Å². The van der Waals surface area contributed by atoms with Gasteiger partial charge in [0.1, 0.15) is 0 Å². The number of carbonyl (C=O) groups is 1. The first-order valence-corrected chi connectivity index (χ1v) is 6.74. The fraction of sp³-hybridized carbons (Fsp3) is 0.917. The normalized spacial score (nSPS) is 27.7. The summed E-state index contributed by atoms with van der Waals surface area (Å²) in [5, 5.41) is 0. The number of ether oxygens (including phenoxy) is 1. The highest BCUT2D eigenvalue weighted by Gasteiger charge is 2.29. The Morgan fingerprint density at radius 2 is 2.06 bits per heavy atom. The highest BCUT2D eigenvalue weighted by molar-refractivity contribution is 6.18. The lowest BCUT2D eigenvalue weighted by Crippen LogP contribution is -2.29. The molecule has 0 radical (unpaired) electrons. The summed E-state index contributed by atoms with van der Waals surface area (Å²) in [6, 6.07) is 0. The molecule has 0 N–H and O–H groups in total. The number of rotatable bonds is 4. The van der Waals surface area contributed by atoms with Crippen LogP contribution in [-0.4, -0.2) is 43.0 Å². The predicted molar refractivity (Wildman–Crippen MR) is 63.6 cm³/mol. The Labute approximate surface area is 102 Å². The van der Waals surface area contributed by atoms with Gasteiger partial charge in [-0.2, -0.15) is 0 Å². The van der Waals surface area contributed by atoms with E-state index >= 15 is 0 Å². The molecule has 0 aromatic rings. The Hall–Kier alpha value is -0.280.